The smallest absolute Gasteiger partial charge is 0.122 e. The molecule has 0 spiro atoms. The van der Waals surface area contributed by atoms with Gasteiger partial charge in [-0.05, 0) is 23.3 Å². The third-order valence-electron chi connectivity index (χ3n) is 3.32. The van der Waals surface area contributed by atoms with Gasteiger partial charge in [-0.3, -0.25) is 4.98 Å². The number of ether oxygens (including phenoxy) is 1. The summed E-state index contributed by atoms with van der Waals surface area (Å²) in [5.74, 6) is 1.00. The van der Waals surface area contributed by atoms with E-state index in [1.807, 2.05) is 12.1 Å². The van der Waals surface area contributed by atoms with Gasteiger partial charge < -0.3 is 15.2 Å². The van der Waals surface area contributed by atoms with Gasteiger partial charge in [0.25, 0.3) is 0 Å². The largest absolute Gasteiger partial charge is 0.493 e. The first-order chi connectivity index (χ1) is 9.36. The normalized spacial score (nSPS) is 12.9. The molecule has 4 nitrogen and oxygen atoms in total. The second-order valence-electron chi connectivity index (χ2n) is 4.59. The summed E-state index contributed by atoms with van der Waals surface area (Å²) >= 11 is 0. The Hall–Kier alpha value is -2.07. The highest BCUT2D eigenvalue weighted by Gasteiger charge is 2.11. The highest BCUT2D eigenvalue weighted by Crippen LogP contribution is 2.26. The van der Waals surface area contributed by atoms with Crippen LogP contribution < -0.4 is 10.1 Å². The van der Waals surface area contributed by atoms with Gasteiger partial charge in [0.15, 0.2) is 0 Å². The number of hydrogen-bond donors (Lipinski definition) is 2. The van der Waals surface area contributed by atoms with Crippen molar-refractivity contribution in [3.05, 3.63) is 53.3 Å². The molecule has 4 heteroatoms. The monoisotopic (exact) mass is 256 g/mol. The number of nitrogens with one attached hydrogen (secondary N) is 1. The van der Waals surface area contributed by atoms with Gasteiger partial charge in [-0.2, -0.15) is 0 Å². The third kappa shape index (κ3) is 2.53. The molecule has 98 valence electrons. The summed E-state index contributed by atoms with van der Waals surface area (Å²) in [5, 5.41) is 12.6. The number of rotatable bonds is 4. The fraction of sp³-hybridized carbons (Fsp3) is 0.267. The Kier molecular flexibility index (Phi) is 3.33. The molecule has 2 aromatic rings. The zero-order chi connectivity index (χ0) is 13.1. The van der Waals surface area contributed by atoms with Crippen molar-refractivity contribution in [1.82, 2.24) is 4.98 Å². The third-order valence-corrected chi connectivity index (χ3v) is 3.32. The number of aliphatic hydroxyl groups is 1. The second-order valence-corrected chi connectivity index (χ2v) is 4.59. The van der Waals surface area contributed by atoms with Crippen molar-refractivity contribution >= 4 is 5.69 Å². The van der Waals surface area contributed by atoms with E-state index in [9.17, 15) is 5.11 Å². The quantitative estimate of drug-likeness (QED) is 0.879. The highest BCUT2D eigenvalue weighted by molar-refractivity contribution is 5.49. The first-order valence-corrected chi connectivity index (χ1v) is 6.39. The predicted molar refractivity (Wildman–Crippen MR) is 73.1 cm³/mol. The predicted octanol–water partition coefficient (Wildman–Crippen LogP) is 2.12. The van der Waals surface area contributed by atoms with Gasteiger partial charge in [0.1, 0.15) is 5.75 Å². The van der Waals surface area contributed by atoms with Crippen LogP contribution in [0.3, 0.4) is 0 Å². The van der Waals surface area contributed by atoms with Gasteiger partial charge in [0.2, 0.25) is 0 Å². The summed E-state index contributed by atoms with van der Waals surface area (Å²) in [5.41, 5.74) is 4.21. The van der Waals surface area contributed by atoms with E-state index in [0.29, 0.717) is 6.54 Å². The van der Waals surface area contributed by atoms with E-state index in [-0.39, 0.29) is 6.61 Å². The Morgan fingerprint density at radius 3 is 3.16 bits per heavy atom. The van der Waals surface area contributed by atoms with E-state index in [1.165, 1.54) is 11.1 Å². The average Bonchev–Trinajstić information content (AvgIpc) is 2.93. The van der Waals surface area contributed by atoms with E-state index in [1.54, 1.807) is 12.4 Å². The molecule has 0 unspecified atom stereocenters. The van der Waals surface area contributed by atoms with E-state index in [4.69, 9.17) is 4.74 Å². The van der Waals surface area contributed by atoms with E-state index in [2.05, 4.69) is 22.4 Å². The molecule has 0 saturated carbocycles. The molecule has 0 saturated heterocycles. The van der Waals surface area contributed by atoms with Crippen molar-refractivity contribution in [2.45, 2.75) is 19.6 Å². The molecule has 0 bridgehead atoms. The SMILES string of the molecule is OCc1ccncc1NCc1ccc2c(c1)CCO2. The number of anilines is 1. The Balaban J connectivity index is 1.72. The number of nitrogens with zero attached hydrogens (tertiary/aromatic N) is 1. The van der Waals surface area contributed by atoms with Gasteiger partial charge >= 0.3 is 0 Å². The average molecular weight is 256 g/mol. The molecule has 1 aromatic heterocycles. The number of hydrogen-bond acceptors (Lipinski definition) is 4. The lowest BCUT2D eigenvalue weighted by atomic mass is 10.1. The summed E-state index contributed by atoms with van der Waals surface area (Å²) in [6.07, 6.45) is 4.41. The minimum Gasteiger partial charge on any atom is -0.493 e. The molecule has 19 heavy (non-hydrogen) atoms. The van der Waals surface area contributed by atoms with Crippen LogP contribution in [-0.2, 0) is 19.6 Å². The first kappa shape index (κ1) is 12.0. The van der Waals surface area contributed by atoms with E-state index < -0.39 is 0 Å². The first-order valence-electron chi connectivity index (χ1n) is 6.39. The van der Waals surface area contributed by atoms with Crippen LogP contribution in [-0.4, -0.2) is 16.7 Å². The van der Waals surface area contributed by atoms with Crippen molar-refractivity contribution in [2.75, 3.05) is 11.9 Å². The molecule has 2 heterocycles. The summed E-state index contributed by atoms with van der Waals surface area (Å²) < 4.78 is 5.49. The zero-order valence-corrected chi connectivity index (χ0v) is 10.6. The molecule has 1 aromatic carbocycles. The summed E-state index contributed by atoms with van der Waals surface area (Å²) in [4.78, 5) is 4.07. The lowest BCUT2D eigenvalue weighted by Crippen LogP contribution is -2.03. The Morgan fingerprint density at radius 1 is 1.32 bits per heavy atom. The minimum absolute atomic E-state index is 0.0167. The Bertz CT molecular complexity index is 584. The van der Waals surface area contributed by atoms with Gasteiger partial charge in [-0.1, -0.05) is 12.1 Å². The number of aliphatic hydroxyl groups excluding tert-OH is 1. The molecule has 0 aliphatic carbocycles. The topological polar surface area (TPSA) is 54.4 Å². The van der Waals surface area contributed by atoms with Gasteiger partial charge in [0, 0.05) is 24.7 Å². The lowest BCUT2D eigenvalue weighted by Gasteiger charge is -2.10. The maximum absolute atomic E-state index is 9.26. The minimum atomic E-state index is 0.0167. The molecule has 3 rings (SSSR count). The van der Waals surface area contributed by atoms with Crippen LogP contribution in [0.5, 0.6) is 5.75 Å². The van der Waals surface area contributed by atoms with Gasteiger partial charge in [-0.25, -0.2) is 0 Å². The van der Waals surface area contributed by atoms with E-state index >= 15 is 0 Å². The van der Waals surface area contributed by atoms with E-state index in [0.717, 1.165) is 30.0 Å². The summed E-state index contributed by atoms with van der Waals surface area (Å²) in [6, 6.07) is 8.07. The fourth-order valence-electron chi connectivity index (χ4n) is 2.27. The lowest BCUT2D eigenvalue weighted by molar-refractivity contribution is 0.282. The molecular weight excluding hydrogens is 240 g/mol. The van der Waals surface area contributed by atoms with Crippen LogP contribution in [0.1, 0.15) is 16.7 Å². The second kappa shape index (κ2) is 5.28. The number of benzene rings is 1. The highest BCUT2D eigenvalue weighted by atomic mass is 16.5. The molecule has 2 N–H and O–H groups in total. The summed E-state index contributed by atoms with van der Waals surface area (Å²) in [7, 11) is 0. The van der Waals surface area contributed by atoms with Crippen molar-refractivity contribution < 1.29 is 9.84 Å². The van der Waals surface area contributed by atoms with Crippen LogP contribution >= 0.6 is 0 Å². The fourth-order valence-corrected chi connectivity index (χ4v) is 2.27. The van der Waals surface area contributed by atoms with Crippen molar-refractivity contribution in [1.29, 1.82) is 0 Å². The zero-order valence-electron chi connectivity index (χ0n) is 10.6. The van der Waals surface area contributed by atoms with Crippen LogP contribution in [0.2, 0.25) is 0 Å². The Labute approximate surface area is 112 Å². The van der Waals surface area contributed by atoms with Crippen LogP contribution in [0, 0.1) is 0 Å². The van der Waals surface area contributed by atoms with Gasteiger partial charge in [0.05, 0.1) is 25.1 Å². The molecule has 1 aliphatic rings. The Morgan fingerprint density at radius 2 is 2.26 bits per heavy atom. The number of pyridine rings is 1. The van der Waals surface area contributed by atoms with Crippen LogP contribution in [0.25, 0.3) is 0 Å². The standard InChI is InChI=1S/C15H16N2O2/c18-10-13-3-5-16-9-14(13)17-8-11-1-2-15-12(7-11)4-6-19-15/h1-3,5,7,9,17-18H,4,6,8,10H2. The molecular formula is C15H16N2O2. The molecule has 0 radical (unpaired) electrons. The van der Waals surface area contributed by atoms with Crippen molar-refractivity contribution in [2.24, 2.45) is 0 Å². The maximum Gasteiger partial charge on any atom is 0.122 e. The molecule has 1 aliphatic heterocycles. The number of aromatic nitrogens is 1. The van der Waals surface area contributed by atoms with Crippen LogP contribution in [0.4, 0.5) is 5.69 Å². The van der Waals surface area contributed by atoms with Crippen LogP contribution in [0.15, 0.2) is 36.7 Å². The van der Waals surface area contributed by atoms with Crippen molar-refractivity contribution in [3.63, 3.8) is 0 Å². The molecule has 0 amide bonds. The van der Waals surface area contributed by atoms with Gasteiger partial charge in [-0.15, -0.1) is 0 Å². The van der Waals surface area contributed by atoms with Crippen molar-refractivity contribution in [3.8, 4) is 5.75 Å². The molecule has 0 fully saturated rings. The molecule has 0 atom stereocenters. The summed E-state index contributed by atoms with van der Waals surface area (Å²) in [6.45, 7) is 1.51. The maximum atomic E-state index is 9.26. The number of fused-ring (bicyclic) bond motifs is 1.